The van der Waals surface area contributed by atoms with Crippen molar-refractivity contribution in [2.75, 3.05) is 6.54 Å². The summed E-state index contributed by atoms with van der Waals surface area (Å²) in [5.41, 5.74) is 1.43. The number of piperidine rings is 1. The maximum atomic E-state index is 5.83. The molecule has 3 heterocycles. The maximum absolute atomic E-state index is 5.83. The highest BCUT2D eigenvalue weighted by Crippen LogP contribution is 2.40. The van der Waals surface area contributed by atoms with Crippen LogP contribution in [-0.2, 0) is 0 Å². The number of hydrogen-bond donors (Lipinski definition) is 0. The van der Waals surface area contributed by atoms with Gasteiger partial charge >= 0.3 is 0 Å². The lowest BCUT2D eigenvalue weighted by atomic mass is 10.0. The molecular formula is C19H22N2O. The van der Waals surface area contributed by atoms with E-state index in [0.717, 1.165) is 17.5 Å². The minimum Gasteiger partial charge on any atom is -0.456 e. The first-order valence-electron chi connectivity index (χ1n) is 8.34. The molecule has 0 unspecified atom stereocenters. The fraction of sp³-hybridized carbons (Fsp3) is 0.421. The topological polar surface area (TPSA) is 25.4 Å². The summed E-state index contributed by atoms with van der Waals surface area (Å²) in [7, 11) is 0. The van der Waals surface area contributed by atoms with Gasteiger partial charge in [0.2, 0.25) is 0 Å². The van der Waals surface area contributed by atoms with Gasteiger partial charge < -0.3 is 4.74 Å². The van der Waals surface area contributed by atoms with Crippen LogP contribution in [0, 0.1) is 0 Å². The molecule has 3 nitrogen and oxygen atoms in total. The highest BCUT2D eigenvalue weighted by molar-refractivity contribution is 5.33. The molecule has 0 bridgehead atoms. The van der Waals surface area contributed by atoms with E-state index in [1.54, 1.807) is 12.4 Å². The lowest BCUT2D eigenvalue weighted by molar-refractivity contribution is 0.150. The van der Waals surface area contributed by atoms with E-state index in [1.165, 1.54) is 44.2 Å². The molecule has 0 spiro atoms. The van der Waals surface area contributed by atoms with Crippen molar-refractivity contribution in [2.24, 2.45) is 0 Å². The van der Waals surface area contributed by atoms with Crippen LogP contribution in [0.2, 0.25) is 0 Å². The van der Waals surface area contributed by atoms with E-state index in [-0.39, 0.29) is 0 Å². The van der Waals surface area contributed by atoms with Gasteiger partial charge in [-0.15, -0.1) is 0 Å². The molecule has 22 heavy (non-hydrogen) atoms. The molecule has 0 amide bonds. The number of ether oxygens (including phenoxy) is 1. The summed E-state index contributed by atoms with van der Waals surface area (Å²) in [5.74, 6) is 1.66. The van der Waals surface area contributed by atoms with Gasteiger partial charge in [-0.25, -0.2) is 0 Å². The first-order valence-corrected chi connectivity index (χ1v) is 8.34. The predicted molar refractivity (Wildman–Crippen MR) is 87.1 cm³/mol. The molecule has 114 valence electrons. The Bertz CT molecular complexity index is 611. The summed E-state index contributed by atoms with van der Waals surface area (Å²) in [4.78, 5) is 6.80. The number of hydrogen-bond acceptors (Lipinski definition) is 3. The van der Waals surface area contributed by atoms with Crippen LogP contribution < -0.4 is 4.74 Å². The Morgan fingerprint density at radius 3 is 2.68 bits per heavy atom. The monoisotopic (exact) mass is 294 g/mol. The van der Waals surface area contributed by atoms with Gasteiger partial charge in [0.1, 0.15) is 11.5 Å². The standard InChI is InChI=1S/C19H22N2O/c1-2-13-21-16(4-1)8-11-19(21)15-6-9-17(10-7-15)22-18-5-3-12-20-14-18/h3,5-7,9-10,12,14,16,19H,1-2,4,8,11,13H2/t16-,19-/m1/s1. The lowest BCUT2D eigenvalue weighted by Crippen LogP contribution is -2.35. The normalized spacial score (nSPS) is 24.9. The van der Waals surface area contributed by atoms with Crippen molar-refractivity contribution in [1.29, 1.82) is 0 Å². The van der Waals surface area contributed by atoms with Crippen LogP contribution in [0.1, 0.15) is 43.7 Å². The van der Waals surface area contributed by atoms with Gasteiger partial charge in [0.15, 0.2) is 0 Å². The van der Waals surface area contributed by atoms with Crippen molar-refractivity contribution in [1.82, 2.24) is 9.88 Å². The van der Waals surface area contributed by atoms with Gasteiger partial charge in [-0.05, 0) is 62.1 Å². The first kappa shape index (κ1) is 13.8. The summed E-state index contributed by atoms with van der Waals surface area (Å²) >= 11 is 0. The number of pyridine rings is 1. The molecule has 4 rings (SSSR count). The molecule has 2 aliphatic heterocycles. The number of fused-ring (bicyclic) bond motifs is 1. The third-order valence-electron chi connectivity index (χ3n) is 4.98. The zero-order chi connectivity index (χ0) is 14.8. The summed E-state index contributed by atoms with van der Waals surface area (Å²) in [6.45, 7) is 1.27. The Morgan fingerprint density at radius 1 is 0.955 bits per heavy atom. The van der Waals surface area contributed by atoms with E-state index >= 15 is 0 Å². The molecule has 2 fully saturated rings. The zero-order valence-electron chi connectivity index (χ0n) is 12.8. The highest BCUT2D eigenvalue weighted by Gasteiger charge is 2.35. The molecule has 0 saturated carbocycles. The van der Waals surface area contributed by atoms with Crippen LogP contribution in [0.25, 0.3) is 0 Å². The highest BCUT2D eigenvalue weighted by atomic mass is 16.5. The van der Waals surface area contributed by atoms with Crippen molar-refractivity contribution in [3.63, 3.8) is 0 Å². The van der Waals surface area contributed by atoms with Gasteiger partial charge in [0.05, 0.1) is 6.20 Å². The average Bonchev–Trinajstić information content (AvgIpc) is 3.01. The third-order valence-corrected chi connectivity index (χ3v) is 4.98. The number of rotatable bonds is 3. The van der Waals surface area contributed by atoms with Crippen molar-refractivity contribution in [3.05, 3.63) is 54.4 Å². The Hall–Kier alpha value is -1.87. The lowest BCUT2D eigenvalue weighted by Gasteiger charge is -2.34. The SMILES string of the molecule is c1cncc(Oc2ccc([C@H]3CC[C@H]4CCCCN43)cc2)c1. The molecule has 2 aromatic rings. The molecular weight excluding hydrogens is 272 g/mol. The van der Waals surface area contributed by atoms with Crippen molar-refractivity contribution >= 4 is 0 Å². The largest absolute Gasteiger partial charge is 0.456 e. The average molecular weight is 294 g/mol. The van der Waals surface area contributed by atoms with Crippen molar-refractivity contribution in [3.8, 4) is 11.5 Å². The molecule has 3 heteroatoms. The Labute approximate surface area is 131 Å². The van der Waals surface area contributed by atoms with Gasteiger partial charge in [-0.3, -0.25) is 9.88 Å². The molecule has 2 saturated heterocycles. The van der Waals surface area contributed by atoms with Gasteiger partial charge in [-0.2, -0.15) is 0 Å². The van der Waals surface area contributed by atoms with Crippen LogP contribution in [-0.4, -0.2) is 22.5 Å². The van der Waals surface area contributed by atoms with Crippen molar-refractivity contribution < 1.29 is 4.74 Å². The summed E-state index contributed by atoms with van der Waals surface area (Å²) in [6, 6.07) is 13.9. The van der Waals surface area contributed by atoms with Crippen LogP contribution in [0.4, 0.5) is 0 Å². The van der Waals surface area contributed by atoms with E-state index in [2.05, 4.69) is 34.1 Å². The Kier molecular flexibility index (Phi) is 3.81. The molecule has 1 aromatic carbocycles. The Morgan fingerprint density at radius 2 is 1.86 bits per heavy atom. The molecule has 2 atom stereocenters. The summed E-state index contributed by atoms with van der Waals surface area (Å²) < 4.78 is 5.83. The summed E-state index contributed by atoms with van der Waals surface area (Å²) in [6.07, 6.45) is 10.3. The fourth-order valence-electron chi connectivity index (χ4n) is 3.92. The van der Waals surface area contributed by atoms with Gasteiger partial charge in [0, 0.05) is 18.3 Å². The molecule has 0 aliphatic carbocycles. The quantitative estimate of drug-likeness (QED) is 0.829. The van der Waals surface area contributed by atoms with Crippen LogP contribution in [0.15, 0.2) is 48.8 Å². The smallest absolute Gasteiger partial charge is 0.145 e. The number of aromatic nitrogens is 1. The number of benzene rings is 1. The van der Waals surface area contributed by atoms with E-state index in [0.29, 0.717) is 6.04 Å². The maximum Gasteiger partial charge on any atom is 0.145 e. The summed E-state index contributed by atoms with van der Waals surface area (Å²) in [5, 5.41) is 0. The van der Waals surface area contributed by atoms with E-state index in [4.69, 9.17) is 4.74 Å². The molecule has 2 aliphatic rings. The van der Waals surface area contributed by atoms with Crippen LogP contribution in [0.3, 0.4) is 0 Å². The van der Waals surface area contributed by atoms with Gasteiger partial charge in [0.25, 0.3) is 0 Å². The second-order valence-electron chi connectivity index (χ2n) is 6.34. The van der Waals surface area contributed by atoms with Crippen molar-refractivity contribution in [2.45, 2.75) is 44.2 Å². The first-order chi connectivity index (χ1) is 10.9. The predicted octanol–water partition coefficient (Wildman–Crippen LogP) is 4.56. The third kappa shape index (κ3) is 2.73. The Balaban J connectivity index is 1.48. The second-order valence-corrected chi connectivity index (χ2v) is 6.34. The second kappa shape index (κ2) is 6.09. The van der Waals surface area contributed by atoms with Crippen LogP contribution >= 0.6 is 0 Å². The van der Waals surface area contributed by atoms with E-state index < -0.39 is 0 Å². The molecule has 1 aromatic heterocycles. The zero-order valence-corrected chi connectivity index (χ0v) is 12.8. The minimum absolute atomic E-state index is 0.609. The van der Waals surface area contributed by atoms with Crippen LogP contribution in [0.5, 0.6) is 11.5 Å². The van der Waals surface area contributed by atoms with E-state index in [9.17, 15) is 0 Å². The van der Waals surface area contributed by atoms with E-state index in [1.807, 2.05) is 12.1 Å². The van der Waals surface area contributed by atoms with Gasteiger partial charge in [-0.1, -0.05) is 18.6 Å². The fourth-order valence-corrected chi connectivity index (χ4v) is 3.92. The molecule has 0 N–H and O–H groups in total. The minimum atomic E-state index is 0.609. The number of nitrogens with zero attached hydrogens (tertiary/aromatic N) is 2. The molecule has 0 radical (unpaired) electrons.